The van der Waals surface area contributed by atoms with Crippen LogP contribution in [0, 0.1) is 13.8 Å². The van der Waals surface area contributed by atoms with Gasteiger partial charge < -0.3 is 15.1 Å². The van der Waals surface area contributed by atoms with Crippen LogP contribution in [0.25, 0.3) is 0 Å². The molecule has 1 N–H and O–H groups in total. The highest BCUT2D eigenvalue weighted by Crippen LogP contribution is 2.13. The number of hydrogen-bond donors (Lipinski definition) is 1. The van der Waals surface area contributed by atoms with Gasteiger partial charge in [-0.2, -0.15) is 0 Å². The van der Waals surface area contributed by atoms with Gasteiger partial charge >= 0.3 is 0 Å². The molecule has 1 saturated heterocycles. The van der Waals surface area contributed by atoms with Crippen LogP contribution >= 0.6 is 0 Å². The van der Waals surface area contributed by atoms with Crippen molar-refractivity contribution < 1.29 is 4.79 Å². The van der Waals surface area contributed by atoms with Crippen molar-refractivity contribution in [1.82, 2.24) is 30.2 Å². The zero-order valence-corrected chi connectivity index (χ0v) is 14.9. The number of amides is 1. The van der Waals surface area contributed by atoms with Gasteiger partial charge in [-0.15, -0.1) is 0 Å². The lowest BCUT2D eigenvalue weighted by Gasteiger charge is -2.32. The summed E-state index contributed by atoms with van der Waals surface area (Å²) >= 11 is 0. The first-order valence-electron chi connectivity index (χ1n) is 8.36. The third kappa shape index (κ3) is 4.27. The minimum Gasteiger partial charge on any atom is -0.346 e. The lowest BCUT2D eigenvalue weighted by atomic mass is 10.2. The molecule has 0 bridgehead atoms. The number of nitrogens with one attached hydrogen (secondary N) is 1. The van der Waals surface area contributed by atoms with E-state index in [-0.39, 0.29) is 5.91 Å². The van der Waals surface area contributed by atoms with Crippen molar-refractivity contribution in [3.05, 3.63) is 41.2 Å². The fraction of sp³-hybridized carbons (Fsp3) is 0.471. The molecule has 8 heteroatoms. The van der Waals surface area contributed by atoms with Crippen molar-refractivity contribution in [2.75, 3.05) is 38.1 Å². The van der Waals surface area contributed by atoms with Crippen molar-refractivity contribution in [3.63, 3.8) is 0 Å². The summed E-state index contributed by atoms with van der Waals surface area (Å²) in [7, 11) is 2.11. The maximum Gasteiger partial charge on any atom is 0.255 e. The number of rotatable bonds is 4. The molecule has 1 aliphatic rings. The van der Waals surface area contributed by atoms with Gasteiger partial charge in [-0.3, -0.25) is 14.8 Å². The van der Waals surface area contributed by atoms with Crippen LogP contribution in [-0.4, -0.2) is 64.0 Å². The van der Waals surface area contributed by atoms with Crippen LogP contribution in [0.1, 0.15) is 27.4 Å². The Bertz CT molecular complexity index is 739. The monoisotopic (exact) mass is 341 g/mol. The smallest absolute Gasteiger partial charge is 0.255 e. The van der Waals surface area contributed by atoms with Crippen LogP contribution in [0.15, 0.2) is 18.6 Å². The minimum absolute atomic E-state index is 0.204. The van der Waals surface area contributed by atoms with E-state index in [4.69, 9.17) is 0 Å². The van der Waals surface area contributed by atoms with E-state index < -0.39 is 0 Å². The molecule has 1 amide bonds. The second-order valence-electron chi connectivity index (χ2n) is 6.29. The largest absolute Gasteiger partial charge is 0.346 e. The predicted molar refractivity (Wildman–Crippen MR) is 94.4 cm³/mol. The molecule has 1 aliphatic heterocycles. The molecule has 0 unspecified atom stereocenters. The fourth-order valence-electron chi connectivity index (χ4n) is 2.61. The molecule has 3 heterocycles. The van der Waals surface area contributed by atoms with Crippen molar-refractivity contribution in [2.45, 2.75) is 20.4 Å². The summed E-state index contributed by atoms with van der Waals surface area (Å²) in [5.74, 6) is 0.483. The third-order valence-electron chi connectivity index (χ3n) is 4.26. The average Bonchev–Trinajstić information content (AvgIpc) is 2.61. The molecule has 2 aromatic rings. The van der Waals surface area contributed by atoms with Crippen molar-refractivity contribution in [1.29, 1.82) is 0 Å². The number of aryl methyl sites for hydroxylation is 2. The Labute approximate surface area is 147 Å². The van der Waals surface area contributed by atoms with E-state index in [1.165, 1.54) is 0 Å². The molecule has 0 spiro atoms. The maximum absolute atomic E-state index is 12.4. The number of piperazine rings is 1. The van der Waals surface area contributed by atoms with Crippen LogP contribution in [0.2, 0.25) is 0 Å². The van der Waals surface area contributed by atoms with Crippen molar-refractivity contribution in [3.8, 4) is 0 Å². The number of aromatic nitrogens is 4. The molecule has 8 nitrogen and oxygen atoms in total. The van der Waals surface area contributed by atoms with Gasteiger partial charge in [0.05, 0.1) is 35.4 Å². The van der Waals surface area contributed by atoms with Gasteiger partial charge in [0.25, 0.3) is 5.91 Å². The van der Waals surface area contributed by atoms with Gasteiger partial charge in [0.2, 0.25) is 5.95 Å². The summed E-state index contributed by atoms with van der Waals surface area (Å²) in [5, 5.41) is 2.84. The van der Waals surface area contributed by atoms with Gasteiger partial charge in [0.15, 0.2) is 0 Å². The first-order valence-corrected chi connectivity index (χ1v) is 8.36. The van der Waals surface area contributed by atoms with Crippen LogP contribution < -0.4 is 10.2 Å². The SMILES string of the molecule is Cc1cnc(CNC(=O)c2cnc(N3CCN(C)CC3)nc2C)cn1. The standard InChI is InChI=1S/C17H23N7O/c1-12-8-19-14(9-18-12)10-20-16(25)15-11-21-17(22-13(15)2)24-6-4-23(3)5-7-24/h8-9,11H,4-7,10H2,1-3H3,(H,20,25). The molecule has 3 rings (SSSR count). The zero-order chi connectivity index (χ0) is 17.8. The predicted octanol–water partition coefficient (Wildman–Crippen LogP) is 0.565. The number of nitrogens with zero attached hydrogens (tertiary/aromatic N) is 6. The van der Waals surface area contributed by atoms with E-state index in [0.717, 1.165) is 31.9 Å². The van der Waals surface area contributed by atoms with E-state index in [0.29, 0.717) is 29.4 Å². The van der Waals surface area contributed by atoms with Gasteiger partial charge in [0, 0.05) is 38.6 Å². The van der Waals surface area contributed by atoms with Crippen LogP contribution in [0.3, 0.4) is 0 Å². The Balaban J connectivity index is 1.63. The second-order valence-corrected chi connectivity index (χ2v) is 6.29. The first-order chi connectivity index (χ1) is 12.0. The van der Waals surface area contributed by atoms with E-state index in [9.17, 15) is 4.79 Å². The number of hydrogen-bond acceptors (Lipinski definition) is 7. The molecule has 0 saturated carbocycles. The molecule has 132 valence electrons. The Morgan fingerprint density at radius 1 is 1.08 bits per heavy atom. The Morgan fingerprint density at radius 3 is 2.48 bits per heavy atom. The van der Waals surface area contributed by atoms with Crippen LogP contribution in [0.4, 0.5) is 5.95 Å². The minimum atomic E-state index is -0.204. The number of likely N-dealkylation sites (N-methyl/N-ethyl adjacent to an activating group) is 1. The second kappa shape index (κ2) is 7.52. The molecule has 1 fully saturated rings. The van der Waals surface area contributed by atoms with E-state index in [2.05, 4.69) is 42.1 Å². The highest BCUT2D eigenvalue weighted by atomic mass is 16.1. The maximum atomic E-state index is 12.4. The van der Waals surface area contributed by atoms with E-state index in [1.807, 2.05) is 13.8 Å². The lowest BCUT2D eigenvalue weighted by Crippen LogP contribution is -2.45. The fourth-order valence-corrected chi connectivity index (χ4v) is 2.61. The van der Waals surface area contributed by atoms with Gasteiger partial charge in [-0.05, 0) is 20.9 Å². The normalized spacial score (nSPS) is 15.2. The Hall–Kier alpha value is -2.61. The summed E-state index contributed by atoms with van der Waals surface area (Å²) in [4.78, 5) is 34.1. The Morgan fingerprint density at radius 2 is 1.84 bits per heavy atom. The number of carbonyl (C=O) groups is 1. The summed E-state index contributed by atoms with van der Waals surface area (Å²) < 4.78 is 0. The molecule has 0 radical (unpaired) electrons. The quantitative estimate of drug-likeness (QED) is 0.869. The average molecular weight is 341 g/mol. The van der Waals surface area contributed by atoms with Crippen LogP contribution in [-0.2, 0) is 6.54 Å². The molecule has 0 aromatic carbocycles. The molecule has 25 heavy (non-hydrogen) atoms. The van der Waals surface area contributed by atoms with E-state index >= 15 is 0 Å². The third-order valence-corrected chi connectivity index (χ3v) is 4.26. The van der Waals surface area contributed by atoms with Crippen LogP contribution in [0.5, 0.6) is 0 Å². The summed E-state index contributed by atoms with van der Waals surface area (Å²) in [6.07, 6.45) is 4.95. The summed E-state index contributed by atoms with van der Waals surface area (Å²) in [5.41, 5.74) is 2.72. The summed E-state index contributed by atoms with van der Waals surface area (Å²) in [6, 6.07) is 0. The van der Waals surface area contributed by atoms with Crippen molar-refractivity contribution >= 4 is 11.9 Å². The molecule has 0 atom stereocenters. The topological polar surface area (TPSA) is 87.1 Å². The molecule has 2 aromatic heterocycles. The highest BCUT2D eigenvalue weighted by molar-refractivity contribution is 5.94. The van der Waals surface area contributed by atoms with Gasteiger partial charge in [-0.25, -0.2) is 9.97 Å². The lowest BCUT2D eigenvalue weighted by molar-refractivity contribution is 0.0949. The van der Waals surface area contributed by atoms with Gasteiger partial charge in [-0.1, -0.05) is 0 Å². The highest BCUT2D eigenvalue weighted by Gasteiger charge is 2.18. The molecular formula is C17H23N7O. The number of carbonyl (C=O) groups excluding carboxylic acids is 1. The molecular weight excluding hydrogens is 318 g/mol. The first kappa shape index (κ1) is 17.2. The van der Waals surface area contributed by atoms with Gasteiger partial charge in [0.1, 0.15) is 0 Å². The zero-order valence-electron chi connectivity index (χ0n) is 14.9. The van der Waals surface area contributed by atoms with E-state index in [1.54, 1.807) is 18.6 Å². The molecule has 0 aliphatic carbocycles. The number of anilines is 1. The summed E-state index contributed by atoms with van der Waals surface area (Å²) in [6.45, 7) is 7.80. The Kier molecular flexibility index (Phi) is 5.18. The van der Waals surface area contributed by atoms with Crippen molar-refractivity contribution in [2.24, 2.45) is 0 Å².